The first-order valence-corrected chi connectivity index (χ1v) is 19.3. The molecule has 1 aliphatic rings. The van der Waals surface area contributed by atoms with E-state index in [9.17, 15) is 24.3 Å². The molecule has 0 spiro atoms. The van der Waals surface area contributed by atoms with Crippen LogP contribution in [0.5, 0.6) is 17.2 Å². The van der Waals surface area contributed by atoms with Crippen molar-refractivity contribution in [2.24, 2.45) is 11.7 Å². The minimum absolute atomic E-state index is 0.131. The number of nitrogens with zero attached hydrogens (tertiary/aromatic N) is 1. The van der Waals surface area contributed by atoms with Crippen LogP contribution in [0.4, 0.5) is 0 Å². The molecule has 1 aliphatic carbocycles. The summed E-state index contributed by atoms with van der Waals surface area (Å²) in [5.41, 5.74) is 7.87. The van der Waals surface area contributed by atoms with Crippen LogP contribution in [-0.2, 0) is 21.2 Å². The molecule has 2 unspecified atom stereocenters. The number of ether oxygens (including phenoxy) is 1. The molecule has 11 heteroatoms. The van der Waals surface area contributed by atoms with Gasteiger partial charge in [-0.05, 0) is 73.5 Å². The van der Waals surface area contributed by atoms with Crippen LogP contribution in [0.25, 0.3) is 0 Å². The van der Waals surface area contributed by atoms with Crippen molar-refractivity contribution in [3.63, 3.8) is 0 Å². The Morgan fingerprint density at radius 3 is 2.06 bits per heavy atom. The van der Waals surface area contributed by atoms with Gasteiger partial charge in [0.05, 0.1) is 24.1 Å². The average Bonchev–Trinajstić information content (AvgIpc) is 3.14. The van der Waals surface area contributed by atoms with Crippen molar-refractivity contribution in [3.8, 4) is 17.2 Å². The fourth-order valence-electron chi connectivity index (χ4n) is 6.37. The third-order valence-corrected chi connectivity index (χ3v) is 10.7. The highest BCUT2D eigenvalue weighted by Crippen LogP contribution is 2.42. The zero-order valence-corrected chi connectivity index (χ0v) is 32.3. The van der Waals surface area contributed by atoms with Gasteiger partial charge >= 0.3 is 0 Å². The molecule has 0 heterocycles. The Hall–Kier alpha value is -4.26. The number of hydrogen-bond donors (Lipinski definition) is 6. The van der Waals surface area contributed by atoms with Gasteiger partial charge in [-0.3, -0.25) is 9.00 Å². The van der Waals surface area contributed by atoms with Gasteiger partial charge < -0.3 is 41.1 Å². The number of amides is 1. The van der Waals surface area contributed by atoms with Crippen LogP contribution in [0.15, 0.2) is 103 Å². The number of aliphatic hydroxyl groups excluding tert-OH is 1. The highest BCUT2D eigenvalue weighted by atomic mass is 32.2. The summed E-state index contributed by atoms with van der Waals surface area (Å²) in [4.78, 5) is 13.2. The van der Waals surface area contributed by atoms with E-state index in [0.29, 0.717) is 24.1 Å². The first kappa shape index (κ1) is 43.1. The molecule has 4 aromatic carbocycles. The molecule has 0 aliphatic heterocycles. The van der Waals surface area contributed by atoms with Gasteiger partial charge in [0.1, 0.15) is 11.5 Å². The second-order valence-corrected chi connectivity index (χ2v) is 15.4. The largest absolute Gasteiger partial charge is 0.504 e. The quantitative estimate of drug-likeness (QED) is 0.0932. The Labute approximate surface area is 317 Å². The number of aliphatic hydroxyl groups is 2. The Morgan fingerprint density at radius 2 is 1.53 bits per heavy atom. The lowest BCUT2D eigenvalue weighted by Gasteiger charge is -2.41. The van der Waals surface area contributed by atoms with E-state index in [0.717, 1.165) is 48.2 Å². The van der Waals surface area contributed by atoms with E-state index >= 15 is 0 Å². The summed E-state index contributed by atoms with van der Waals surface area (Å²) in [6.07, 6.45) is 3.56. The third kappa shape index (κ3) is 13.6. The van der Waals surface area contributed by atoms with E-state index in [2.05, 4.69) is 24.3 Å². The zero-order chi connectivity index (χ0) is 39.0. The van der Waals surface area contributed by atoms with Crippen molar-refractivity contribution in [3.05, 3.63) is 125 Å². The first-order chi connectivity index (χ1) is 25.2. The molecule has 0 saturated heterocycles. The Morgan fingerprint density at radius 1 is 0.906 bits per heavy atom. The number of aromatic hydroxyl groups is 2. The van der Waals surface area contributed by atoms with Crippen molar-refractivity contribution in [2.45, 2.75) is 62.5 Å². The smallest absolute Gasteiger partial charge is 0.230 e. The average molecular weight is 748 g/mol. The lowest BCUT2D eigenvalue weighted by Crippen LogP contribution is -2.43. The van der Waals surface area contributed by atoms with Gasteiger partial charge in [0, 0.05) is 35.8 Å². The Kier molecular flexibility index (Phi) is 17.5. The molecule has 7 N–H and O–H groups in total. The maximum absolute atomic E-state index is 12.4. The number of carbonyl (C=O) groups is 1. The second-order valence-electron chi connectivity index (χ2n) is 13.9. The number of benzene rings is 4. The van der Waals surface area contributed by atoms with E-state index in [-0.39, 0.29) is 22.5 Å². The molecule has 0 aromatic heterocycles. The summed E-state index contributed by atoms with van der Waals surface area (Å²) in [5, 5.41) is 42.0. The fraction of sp³-hybridized carbons (Fsp3) is 0.405. The summed E-state index contributed by atoms with van der Waals surface area (Å²) in [7, 11) is 4.44. The fourth-order valence-corrected chi connectivity index (χ4v) is 7.74. The van der Waals surface area contributed by atoms with Crippen molar-refractivity contribution in [1.82, 2.24) is 10.2 Å². The van der Waals surface area contributed by atoms with E-state index in [1.807, 2.05) is 98.8 Å². The van der Waals surface area contributed by atoms with Gasteiger partial charge in [0.25, 0.3) is 0 Å². The summed E-state index contributed by atoms with van der Waals surface area (Å²) >= 11 is 0. The van der Waals surface area contributed by atoms with Crippen molar-refractivity contribution >= 4 is 16.7 Å². The molecular weight excluding hydrogens is 691 g/mol. The van der Waals surface area contributed by atoms with Crippen LogP contribution in [0, 0.1) is 5.92 Å². The number of nitrogens with two attached hydrogens (primary N) is 1. The number of nitrogens with one attached hydrogen (secondary N) is 1. The molecule has 5 rings (SSSR count). The maximum Gasteiger partial charge on any atom is 0.230 e. The van der Waals surface area contributed by atoms with Gasteiger partial charge in [-0.1, -0.05) is 106 Å². The van der Waals surface area contributed by atoms with E-state index in [1.165, 1.54) is 18.6 Å². The first-order valence-electron chi connectivity index (χ1n) is 18.0. The number of primary amides is 1. The third-order valence-electron chi connectivity index (χ3n) is 9.05. The van der Waals surface area contributed by atoms with Crippen LogP contribution in [0.3, 0.4) is 0 Å². The molecule has 1 fully saturated rings. The lowest BCUT2D eigenvalue weighted by molar-refractivity contribution is -0.115. The predicted octanol–water partition coefficient (Wildman–Crippen LogP) is 5.77. The van der Waals surface area contributed by atoms with Crippen LogP contribution >= 0.6 is 0 Å². The van der Waals surface area contributed by atoms with Gasteiger partial charge in [0.2, 0.25) is 5.91 Å². The van der Waals surface area contributed by atoms with Crippen molar-refractivity contribution in [2.75, 3.05) is 40.0 Å². The number of methoxy groups -OCH3 is 1. The minimum Gasteiger partial charge on any atom is -0.504 e. The maximum atomic E-state index is 12.4. The summed E-state index contributed by atoms with van der Waals surface area (Å²) in [5.74, 6) is 0.0478. The highest BCUT2D eigenvalue weighted by Gasteiger charge is 2.40. The SMILES string of the molecule is CC(C)NCC(O)c1ccc(O)c(O)c1.COc1cccc([C@@]2(O)CCCC[C@@H]2CN(C)C)c1.NC(=O)CS(=O)C(c1ccccc1)c1ccccc1. The Balaban J connectivity index is 0.000000216. The molecule has 4 aromatic rings. The molecule has 0 bridgehead atoms. The highest BCUT2D eigenvalue weighted by molar-refractivity contribution is 7.86. The van der Waals surface area contributed by atoms with Gasteiger partial charge in [-0.2, -0.15) is 0 Å². The normalized spacial score (nSPS) is 18.0. The topological polar surface area (TPSA) is 166 Å². The molecule has 4 atom stereocenters. The predicted molar refractivity (Wildman–Crippen MR) is 212 cm³/mol. The number of rotatable bonds is 13. The molecule has 0 radical (unpaired) electrons. The standard InChI is InChI=1S/C16H25NO2.C15H15NO2S.C11H17NO3/c1-17(2)12-14-7-4-5-10-16(14,18)13-8-6-9-15(11-13)19-3;16-14(17)11-19(18)15(12-7-3-1-4-8-12)13-9-5-2-6-10-13;1-7(2)12-6-11(15)8-3-4-9(13)10(14)5-8/h6,8-9,11,14,18H,4-5,7,10,12H2,1-3H3;1-10,15H,11H2,(H2,16,17);3-5,7,11-15H,6H2,1-2H3/t14-,16+;;/m1../s1. The van der Waals surface area contributed by atoms with E-state index in [4.69, 9.17) is 15.6 Å². The van der Waals surface area contributed by atoms with E-state index in [1.54, 1.807) is 13.2 Å². The minimum atomic E-state index is -1.36. The zero-order valence-electron chi connectivity index (χ0n) is 31.5. The number of hydrogen-bond acceptors (Lipinski definition) is 9. The number of phenolic OH excluding ortho intramolecular Hbond substituents is 2. The molecular formula is C42H57N3O7S. The molecule has 53 heavy (non-hydrogen) atoms. The molecule has 10 nitrogen and oxygen atoms in total. The van der Waals surface area contributed by atoms with Crippen molar-refractivity contribution in [1.29, 1.82) is 0 Å². The lowest BCUT2D eigenvalue weighted by atomic mass is 9.71. The van der Waals surface area contributed by atoms with Gasteiger partial charge in [-0.25, -0.2) is 0 Å². The molecule has 1 amide bonds. The summed E-state index contributed by atoms with van der Waals surface area (Å²) in [6.45, 7) is 5.32. The monoisotopic (exact) mass is 747 g/mol. The van der Waals surface area contributed by atoms with Crippen LogP contribution in [0.2, 0.25) is 0 Å². The second kappa shape index (κ2) is 21.4. The van der Waals surface area contributed by atoms with Gasteiger partial charge in [0.15, 0.2) is 11.5 Å². The van der Waals surface area contributed by atoms with Gasteiger partial charge in [-0.15, -0.1) is 0 Å². The summed E-state index contributed by atoms with van der Waals surface area (Å²) in [6, 6.07) is 31.6. The van der Waals surface area contributed by atoms with Crippen molar-refractivity contribution < 1.29 is 34.2 Å². The molecule has 1 saturated carbocycles. The molecule has 288 valence electrons. The number of phenols is 2. The number of carbonyl (C=O) groups excluding carboxylic acids is 1. The summed E-state index contributed by atoms with van der Waals surface area (Å²) < 4.78 is 17.7. The van der Waals surface area contributed by atoms with Crippen LogP contribution in [-0.4, -0.2) is 81.5 Å². The van der Waals surface area contributed by atoms with E-state index < -0.39 is 28.4 Å². The Bertz CT molecular complexity index is 1670. The van der Waals surface area contributed by atoms with Crippen LogP contribution < -0.4 is 15.8 Å². The van der Waals surface area contributed by atoms with Crippen LogP contribution in [0.1, 0.15) is 73.1 Å².